The summed E-state index contributed by atoms with van der Waals surface area (Å²) in [7, 11) is 0. The number of pyridine rings is 1. The Bertz CT molecular complexity index is 810. The first kappa shape index (κ1) is 14.0. The minimum Gasteiger partial charge on any atom is -0.237 e. The second-order valence-electron chi connectivity index (χ2n) is 5.10. The van der Waals surface area contributed by atoms with E-state index in [-0.39, 0.29) is 0 Å². The maximum absolute atomic E-state index is 9.01. The monoisotopic (exact) mass is 288 g/mol. The van der Waals surface area contributed by atoms with Crippen molar-refractivity contribution in [2.75, 3.05) is 0 Å². The summed E-state index contributed by atoms with van der Waals surface area (Å²) < 4.78 is 1.79. The fourth-order valence-electron chi connectivity index (χ4n) is 2.38. The van der Waals surface area contributed by atoms with Crippen LogP contribution in [0.25, 0.3) is 5.82 Å². The molecule has 0 saturated heterocycles. The van der Waals surface area contributed by atoms with Gasteiger partial charge in [-0.25, -0.2) is 9.67 Å². The van der Waals surface area contributed by atoms with Gasteiger partial charge in [-0.15, -0.1) is 0 Å². The van der Waals surface area contributed by atoms with Crippen LogP contribution in [-0.4, -0.2) is 14.8 Å². The number of hydrogen-bond acceptors (Lipinski definition) is 3. The molecule has 2 aromatic heterocycles. The van der Waals surface area contributed by atoms with E-state index in [1.165, 1.54) is 11.1 Å². The van der Waals surface area contributed by atoms with Gasteiger partial charge < -0.3 is 0 Å². The van der Waals surface area contributed by atoms with E-state index in [1.54, 1.807) is 29.2 Å². The van der Waals surface area contributed by atoms with Crippen LogP contribution in [0.2, 0.25) is 0 Å². The van der Waals surface area contributed by atoms with Crippen LogP contribution in [-0.2, 0) is 12.8 Å². The van der Waals surface area contributed by atoms with Crippen LogP contribution in [0.15, 0.2) is 54.9 Å². The van der Waals surface area contributed by atoms with Gasteiger partial charge in [-0.2, -0.15) is 10.4 Å². The van der Waals surface area contributed by atoms with Crippen LogP contribution in [0.5, 0.6) is 0 Å². The molecule has 3 rings (SSSR count). The van der Waals surface area contributed by atoms with Gasteiger partial charge in [0.05, 0.1) is 17.3 Å². The molecule has 0 radical (unpaired) electrons. The number of benzene rings is 1. The summed E-state index contributed by atoms with van der Waals surface area (Å²) in [5.41, 5.74) is 4.20. The summed E-state index contributed by atoms with van der Waals surface area (Å²) in [5, 5.41) is 13.3. The Labute approximate surface area is 129 Å². The first-order valence-corrected chi connectivity index (χ1v) is 7.27. The Kier molecular flexibility index (Phi) is 3.97. The lowest BCUT2D eigenvalue weighted by Gasteiger charge is -2.07. The van der Waals surface area contributed by atoms with Crippen molar-refractivity contribution in [1.82, 2.24) is 14.8 Å². The molecule has 0 unspecified atom stereocenters. The zero-order valence-electron chi connectivity index (χ0n) is 12.4. The first-order chi connectivity index (χ1) is 10.8. The number of hydrogen-bond donors (Lipinski definition) is 0. The minimum atomic E-state index is 0.582. The van der Waals surface area contributed by atoms with Crippen molar-refractivity contribution >= 4 is 0 Å². The molecule has 0 aliphatic heterocycles. The van der Waals surface area contributed by atoms with Crippen molar-refractivity contribution in [2.24, 2.45) is 0 Å². The molecule has 0 bridgehead atoms. The molecule has 3 aromatic rings. The van der Waals surface area contributed by atoms with E-state index >= 15 is 0 Å². The predicted molar refractivity (Wildman–Crippen MR) is 84.7 cm³/mol. The topological polar surface area (TPSA) is 54.5 Å². The third kappa shape index (κ3) is 2.89. The van der Waals surface area contributed by atoms with Gasteiger partial charge in [0.15, 0.2) is 5.82 Å². The highest BCUT2D eigenvalue weighted by Crippen LogP contribution is 2.14. The van der Waals surface area contributed by atoms with E-state index in [9.17, 15) is 0 Å². The summed E-state index contributed by atoms with van der Waals surface area (Å²) in [5.74, 6) is 0.671. The van der Waals surface area contributed by atoms with Crippen LogP contribution in [0, 0.1) is 11.3 Å². The van der Waals surface area contributed by atoms with Crippen LogP contribution in [0.4, 0.5) is 0 Å². The highest BCUT2D eigenvalue weighted by atomic mass is 15.3. The Hall–Kier alpha value is -2.93. The molecule has 0 spiro atoms. The normalized spacial score (nSPS) is 10.4. The van der Waals surface area contributed by atoms with Gasteiger partial charge in [-0.1, -0.05) is 31.2 Å². The van der Waals surface area contributed by atoms with Crippen molar-refractivity contribution in [2.45, 2.75) is 19.8 Å². The highest BCUT2D eigenvalue weighted by Gasteiger charge is 2.08. The molecular formula is C18H16N4. The van der Waals surface area contributed by atoms with Gasteiger partial charge in [0, 0.05) is 24.9 Å². The number of nitriles is 1. The standard InChI is InChI=1S/C18H16N4/c1-2-14-3-5-15(6-4-14)11-17-8-10-21-22(17)18-12-16(13-19)7-9-20-18/h3-10,12H,2,11H2,1H3. The average Bonchev–Trinajstić information content (AvgIpc) is 3.04. The molecule has 0 aliphatic rings. The van der Waals surface area contributed by atoms with Gasteiger partial charge in [-0.05, 0) is 29.7 Å². The van der Waals surface area contributed by atoms with Crippen molar-refractivity contribution in [3.05, 3.63) is 77.2 Å². The summed E-state index contributed by atoms with van der Waals surface area (Å²) in [6.45, 7) is 2.15. The molecule has 0 aliphatic carbocycles. The van der Waals surface area contributed by atoms with Crippen molar-refractivity contribution in [1.29, 1.82) is 5.26 Å². The van der Waals surface area contributed by atoms with Crippen LogP contribution < -0.4 is 0 Å². The third-order valence-corrected chi connectivity index (χ3v) is 3.63. The fraction of sp³-hybridized carbons (Fsp3) is 0.167. The zero-order chi connectivity index (χ0) is 15.4. The number of nitrogens with zero attached hydrogens (tertiary/aromatic N) is 4. The first-order valence-electron chi connectivity index (χ1n) is 7.27. The smallest absolute Gasteiger partial charge is 0.154 e. The lowest BCUT2D eigenvalue weighted by Crippen LogP contribution is -2.05. The quantitative estimate of drug-likeness (QED) is 0.740. The SMILES string of the molecule is CCc1ccc(Cc2ccnn2-c2cc(C#N)ccn2)cc1. The second kappa shape index (κ2) is 6.23. The highest BCUT2D eigenvalue weighted by molar-refractivity contribution is 5.37. The van der Waals surface area contributed by atoms with Gasteiger partial charge in [0.2, 0.25) is 0 Å². The molecule has 22 heavy (non-hydrogen) atoms. The van der Waals surface area contributed by atoms with Gasteiger partial charge in [0.25, 0.3) is 0 Å². The van der Waals surface area contributed by atoms with Gasteiger partial charge in [0.1, 0.15) is 0 Å². The van der Waals surface area contributed by atoms with Crippen molar-refractivity contribution < 1.29 is 0 Å². The second-order valence-corrected chi connectivity index (χ2v) is 5.10. The van der Waals surface area contributed by atoms with Crippen LogP contribution in [0.1, 0.15) is 29.3 Å². The summed E-state index contributed by atoms with van der Waals surface area (Å²) >= 11 is 0. The lowest BCUT2D eigenvalue weighted by molar-refractivity contribution is 0.797. The molecule has 0 N–H and O–H groups in total. The number of aromatic nitrogens is 3. The van der Waals surface area contributed by atoms with E-state index < -0.39 is 0 Å². The minimum absolute atomic E-state index is 0.582. The Morgan fingerprint density at radius 3 is 2.55 bits per heavy atom. The van der Waals surface area contributed by atoms with Gasteiger partial charge >= 0.3 is 0 Å². The van der Waals surface area contributed by atoms with E-state index in [0.29, 0.717) is 11.4 Å². The molecule has 1 aromatic carbocycles. The van der Waals surface area contributed by atoms with E-state index in [4.69, 9.17) is 5.26 Å². The lowest BCUT2D eigenvalue weighted by atomic mass is 10.1. The Morgan fingerprint density at radius 2 is 1.82 bits per heavy atom. The summed E-state index contributed by atoms with van der Waals surface area (Å²) in [6.07, 6.45) is 5.22. The molecule has 4 heteroatoms. The third-order valence-electron chi connectivity index (χ3n) is 3.63. The molecule has 0 fully saturated rings. The number of aryl methyl sites for hydroxylation is 1. The zero-order valence-corrected chi connectivity index (χ0v) is 12.4. The molecule has 0 amide bonds. The van der Waals surface area contributed by atoms with E-state index in [2.05, 4.69) is 47.3 Å². The maximum atomic E-state index is 9.01. The van der Waals surface area contributed by atoms with Crippen molar-refractivity contribution in [3.8, 4) is 11.9 Å². The summed E-state index contributed by atoms with van der Waals surface area (Å²) in [6, 6.07) is 16.2. The molecule has 2 heterocycles. The summed E-state index contributed by atoms with van der Waals surface area (Å²) in [4.78, 5) is 4.31. The average molecular weight is 288 g/mol. The molecule has 108 valence electrons. The Morgan fingerprint density at radius 1 is 1.05 bits per heavy atom. The van der Waals surface area contributed by atoms with Crippen LogP contribution >= 0.6 is 0 Å². The molecule has 0 saturated carbocycles. The maximum Gasteiger partial charge on any atom is 0.154 e. The molecule has 0 atom stereocenters. The van der Waals surface area contributed by atoms with Crippen LogP contribution in [0.3, 0.4) is 0 Å². The van der Waals surface area contributed by atoms with E-state index in [1.807, 2.05) is 6.07 Å². The van der Waals surface area contributed by atoms with E-state index in [0.717, 1.165) is 18.5 Å². The number of rotatable bonds is 4. The fourth-order valence-corrected chi connectivity index (χ4v) is 2.38. The molecule has 4 nitrogen and oxygen atoms in total. The largest absolute Gasteiger partial charge is 0.237 e. The predicted octanol–water partition coefficient (Wildman–Crippen LogP) is 3.29. The molecular weight excluding hydrogens is 272 g/mol. The van der Waals surface area contributed by atoms with Crippen molar-refractivity contribution in [3.63, 3.8) is 0 Å². The van der Waals surface area contributed by atoms with Gasteiger partial charge in [-0.3, -0.25) is 0 Å². The Balaban J connectivity index is 1.89.